The van der Waals surface area contributed by atoms with Crippen molar-refractivity contribution in [2.24, 2.45) is 0 Å². The summed E-state index contributed by atoms with van der Waals surface area (Å²) in [6.07, 6.45) is 1.41. The van der Waals surface area contributed by atoms with E-state index in [4.69, 9.17) is 4.74 Å². The van der Waals surface area contributed by atoms with Gasteiger partial charge in [-0.2, -0.15) is 9.40 Å². The molecule has 3 rings (SSSR count). The summed E-state index contributed by atoms with van der Waals surface area (Å²) in [6, 6.07) is 6.08. The summed E-state index contributed by atoms with van der Waals surface area (Å²) in [5.41, 5.74) is 3.33. The van der Waals surface area contributed by atoms with Crippen molar-refractivity contribution in [1.29, 1.82) is 0 Å². The number of aryl methyl sites for hydroxylation is 4. The van der Waals surface area contributed by atoms with Crippen LogP contribution in [0.2, 0.25) is 0 Å². The molecule has 1 aromatic carbocycles. The number of aromatic nitrogens is 2. The summed E-state index contributed by atoms with van der Waals surface area (Å²) in [5.74, 6) is 0.922. The number of para-hydroxylation sites is 1. The Morgan fingerprint density at radius 3 is 2.24 bits per heavy atom. The van der Waals surface area contributed by atoms with Crippen LogP contribution in [0.1, 0.15) is 35.4 Å². The fourth-order valence-electron chi connectivity index (χ4n) is 3.39. The molecule has 6 nitrogen and oxygen atoms in total. The molecule has 1 aromatic heterocycles. The van der Waals surface area contributed by atoms with Gasteiger partial charge in [-0.25, -0.2) is 8.42 Å². The van der Waals surface area contributed by atoms with Crippen LogP contribution >= 0.6 is 0 Å². The average Bonchev–Trinajstić information content (AvgIpc) is 2.91. The molecule has 1 saturated heterocycles. The number of ether oxygens (including phenoxy) is 1. The number of sulfonamides is 1. The second kappa shape index (κ2) is 6.80. The van der Waals surface area contributed by atoms with Gasteiger partial charge in [0.15, 0.2) is 0 Å². The summed E-state index contributed by atoms with van der Waals surface area (Å²) in [4.78, 5) is 0.307. The first-order chi connectivity index (χ1) is 11.8. The molecule has 25 heavy (non-hydrogen) atoms. The molecule has 0 aliphatic carbocycles. The van der Waals surface area contributed by atoms with Gasteiger partial charge in [-0.3, -0.25) is 5.10 Å². The SMILES string of the molecule is Cc1cccc(C)c1OC1CCN(S(=O)(=O)c2c(C)n[nH]c2C)CC1. The highest BCUT2D eigenvalue weighted by Gasteiger charge is 2.33. The van der Waals surface area contributed by atoms with E-state index in [-0.39, 0.29) is 6.10 Å². The van der Waals surface area contributed by atoms with E-state index in [1.54, 1.807) is 18.2 Å². The van der Waals surface area contributed by atoms with E-state index in [0.29, 0.717) is 42.2 Å². The van der Waals surface area contributed by atoms with Crippen molar-refractivity contribution in [3.8, 4) is 5.75 Å². The predicted molar refractivity (Wildman–Crippen MR) is 96.4 cm³/mol. The van der Waals surface area contributed by atoms with Crippen LogP contribution in [0.4, 0.5) is 0 Å². The zero-order chi connectivity index (χ0) is 18.2. The fraction of sp³-hybridized carbons (Fsp3) is 0.500. The minimum atomic E-state index is -3.51. The van der Waals surface area contributed by atoms with Crippen LogP contribution in [0.25, 0.3) is 0 Å². The molecule has 0 unspecified atom stereocenters. The Balaban J connectivity index is 1.70. The van der Waals surface area contributed by atoms with Gasteiger partial charge in [0, 0.05) is 13.1 Å². The molecule has 2 heterocycles. The molecule has 0 bridgehead atoms. The normalized spacial score (nSPS) is 17.0. The zero-order valence-electron chi connectivity index (χ0n) is 15.2. The molecule has 0 spiro atoms. The van der Waals surface area contributed by atoms with Crippen molar-refractivity contribution in [3.05, 3.63) is 40.7 Å². The van der Waals surface area contributed by atoms with Gasteiger partial charge in [-0.05, 0) is 51.7 Å². The van der Waals surface area contributed by atoms with Crippen molar-refractivity contribution in [1.82, 2.24) is 14.5 Å². The van der Waals surface area contributed by atoms with E-state index in [0.717, 1.165) is 16.9 Å². The first kappa shape index (κ1) is 17.9. The number of hydrogen-bond donors (Lipinski definition) is 1. The number of rotatable bonds is 4. The van der Waals surface area contributed by atoms with Crippen LogP contribution < -0.4 is 4.74 Å². The Morgan fingerprint density at radius 1 is 1.12 bits per heavy atom. The van der Waals surface area contributed by atoms with Crippen molar-refractivity contribution < 1.29 is 13.2 Å². The molecule has 7 heteroatoms. The third-order valence-corrected chi connectivity index (χ3v) is 6.92. The molecule has 136 valence electrons. The Morgan fingerprint density at radius 2 is 1.72 bits per heavy atom. The number of nitrogens with zero attached hydrogens (tertiary/aromatic N) is 2. The van der Waals surface area contributed by atoms with Crippen LogP contribution in [0, 0.1) is 27.7 Å². The Hall–Kier alpha value is -1.86. The summed E-state index contributed by atoms with van der Waals surface area (Å²) in [6.45, 7) is 8.44. The lowest BCUT2D eigenvalue weighted by atomic mass is 10.1. The maximum atomic E-state index is 12.9. The Kier molecular flexibility index (Phi) is 4.88. The van der Waals surface area contributed by atoms with Gasteiger partial charge in [-0.1, -0.05) is 18.2 Å². The molecule has 1 aliphatic heterocycles. The average molecular weight is 363 g/mol. The van der Waals surface area contributed by atoms with E-state index in [2.05, 4.69) is 10.2 Å². The van der Waals surface area contributed by atoms with E-state index in [1.165, 1.54) is 0 Å². The minimum absolute atomic E-state index is 0.0396. The summed E-state index contributed by atoms with van der Waals surface area (Å²) < 4.78 is 33.5. The van der Waals surface area contributed by atoms with Crippen molar-refractivity contribution >= 4 is 10.0 Å². The van der Waals surface area contributed by atoms with Crippen molar-refractivity contribution in [2.45, 2.75) is 51.5 Å². The fourth-order valence-corrected chi connectivity index (χ4v) is 5.19. The minimum Gasteiger partial charge on any atom is -0.490 e. The van der Waals surface area contributed by atoms with Gasteiger partial charge in [-0.15, -0.1) is 0 Å². The second-order valence-electron chi connectivity index (χ2n) is 6.71. The highest BCUT2D eigenvalue weighted by Crippen LogP contribution is 2.29. The molecule has 0 saturated carbocycles. The first-order valence-electron chi connectivity index (χ1n) is 8.55. The summed E-state index contributed by atoms with van der Waals surface area (Å²) >= 11 is 0. The topological polar surface area (TPSA) is 75.3 Å². The van der Waals surface area contributed by atoms with E-state index >= 15 is 0 Å². The molecule has 1 N–H and O–H groups in total. The molecule has 0 atom stereocenters. The molecular weight excluding hydrogens is 338 g/mol. The lowest BCUT2D eigenvalue weighted by Crippen LogP contribution is -2.42. The molecule has 1 aliphatic rings. The number of hydrogen-bond acceptors (Lipinski definition) is 4. The second-order valence-corrected chi connectivity index (χ2v) is 8.58. The zero-order valence-corrected chi connectivity index (χ0v) is 16.0. The van der Waals surface area contributed by atoms with Crippen molar-refractivity contribution in [2.75, 3.05) is 13.1 Å². The number of H-pyrrole nitrogens is 1. The Bertz CT molecular complexity index is 826. The van der Waals surface area contributed by atoms with Gasteiger partial charge in [0.1, 0.15) is 16.7 Å². The first-order valence-corrected chi connectivity index (χ1v) is 9.99. The van der Waals surface area contributed by atoms with Gasteiger partial charge >= 0.3 is 0 Å². The lowest BCUT2D eigenvalue weighted by Gasteiger charge is -2.32. The standard InChI is InChI=1S/C18H25N3O3S/c1-12-6-5-7-13(2)17(12)24-16-8-10-21(11-9-16)25(22,23)18-14(3)19-20-15(18)4/h5-7,16H,8-11H2,1-4H3,(H,19,20). The largest absolute Gasteiger partial charge is 0.490 e. The van der Waals surface area contributed by atoms with E-state index in [9.17, 15) is 8.42 Å². The van der Waals surface area contributed by atoms with Crippen LogP contribution in [0.3, 0.4) is 0 Å². The van der Waals surface area contributed by atoms with E-state index in [1.807, 2.05) is 32.0 Å². The summed E-state index contributed by atoms with van der Waals surface area (Å²) in [5, 5.41) is 6.77. The number of nitrogens with one attached hydrogen (secondary N) is 1. The van der Waals surface area contributed by atoms with Crippen LogP contribution in [-0.2, 0) is 10.0 Å². The molecule has 1 fully saturated rings. The number of benzene rings is 1. The van der Waals surface area contributed by atoms with Crippen LogP contribution in [0.5, 0.6) is 5.75 Å². The molecule has 2 aromatic rings. The predicted octanol–water partition coefficient (Wildman–Crippen LogP) is 2.88. The smallest absolute Gasteiger partial charge is 0.246 e. The van der Waals surface area contributed by atoms with Crippen LogP contribution in [-0.4, -0.2) is 42.1 Å². The highest BCUT2D eigenvalue weighted by molar-refractivity contribution is 7.89. The van der Waals surface area contributed by atoms with Gasteiger partial charge < -0.3 is 4.74 Å². The third kappa shape index (κ3) is 3.43. The third-order valence-electron chi connectivity index (χ3n) is 4.75. The number of aromatic amines is 1. The molecule has 0 amide bonds. The molecule has 0 radical (unpaired) electrons. The quantitative estimate of drug-likeness (QED) is 0.906. The van der Waals surface area contributed by atoms with Gasteiger partial charge in [0.2, 0.25) is 10.0 Å². The maximum Gasteiger partial charge on any atom is 0.246 e. The highest BCUT2D eigenvalue weighted by atomic mass is 32.2. The monoisotopic (exact) mass is 363 g/mol. The van der Waals surface area contributed by atoms with E-state index < -0.39 is 10.0 Å². The van der Waals surface area contributed by atoms with Gasteiger partial charge in [0.05, 0.1) is 11.4 Å². The maximum absolute atomic E-state index is 12.9. The van der Waals surface area contributed by atoms with Crippen LogP contribution in [0.15, 0.2) is 23.1 Å². The summed E-state index contributed by atoms with van der Waals surface area (Å²) in [7, 11) is -3.51. The molecular formula is C18H25N3O3S. The lowest BCUT2D eigenvalue weighted by molar-refractivity contribution is 0.133. The number of piperidine rings is 1. The van der Waals surface area contributed by atoms with Gasteiger partial charge in [0.25, 0.3) is 0 Å². The van der Waals surface area contributed by atoms with Crippen molar-refractivity contribution in [3.63, 3.8) is 0 Å². The Labute approximate surface area is 149 Å².